The number of halogens is 1. The van der Waals surface area contributed by atoms with Crippen LogP contribution in [0.25, 0.3) is 0 Å². The Bertz CT molecular complexity index is 594. The van der Waals surface area contributed by atoms with Crippen molar-refractivity contribution in [2.45, 2.75) is 39.2 Å². The first-order valence-electron chi connectivity index (χ1n) is 9.09. The molecular weight excluding hydrogens is 338 g/mol. The molecular formula is C18H30ClN5O. The Morgan fingerprint density at radius 3 is 2.76 bits per heavy atom. The maximum atomic E-state index is 11.8. The smallest absolute Gasteiger partial charge is 0.223 e. The van der Waals surface area contributed by atoms with E-state index in [-0.39, 0.29) is 11.8 Å². The van der Waals surface area contributed by atoms with Crippen LogP contribution in [0, 0.1) is 5.92 Å². The minimum Gasteiger partial charge on any atom is -0.357 e. The van der Waals surface area contributed by atoms with Crippen LogP contribution in [-0.4, -0.2) is 48.0 Å². The molecule has 0 saturated heterocycles. The van der Waals surface area contributed by atoms with Gasteiger partial charge in [0.2, 0.25) is 5.91 Å². The van der Waals surface area contributed by atoms with Crippen LogP contribution in [0.1, 0.15) is 38.3 Å². The first-order valence-corrected chi connectivity index (χ1v) is 9.47. The molecule has 0 atom stereocenters. The quantitative estimate of drug-likeness (QED) is 0.421. The average Bonchev–Trinajstić information content (AvgIpc) is 2.81. The first-order chi connectivity index (χ1) is 12.0. The van der Waals surface area contributed by atoms with E-state index in [1.807, 2.05) is 30.9 Å². The van der Waals surface area contributed by atoms with Gasteiger partial charge in [-0.1, -0.05) is 18.0 Å². The molecule has 2 N–H and O–H groups in total. The summed E-state index contributed by atoms with van der Waals surface area (Å²) in [4.78, 5) is 18.5. The zero-order chi connectivity index (χ0) is 18.2. The number of hydrogen-bond acceptors (Lipinski definition) is 2. The average molecular weight is 368 g/mol. The second kappa shape index (κ2) is 9.70. The molecule has 0 aliphatic heterocycles. The molecule has 1 amide bonds. The molecule has 140 valence electrons. The number of carbonyl (C=O) groups is 1. The van der Waals surface area contributed by atoms with Gasteiger partial charge in [-0.3, -0.25) is 9.79 Å². The van der Waals surface area contributed by atoms with Gasteiger partial charge >= 0.3 is 0 Å². The van der Waals surface area contributed by atoms with Gasteiger partial charge in [0.05, 0.1) is 11.6 Å². The normalized spacial score (nSPS) is 15.0. The highest BCUT2D eigenvalue weighted by molar-refractivity contribution is 6.30. The summed E-state index contributed by atoms with van der Waals surface area (Å²) < 4.78 is 2.03. The summed E-state index contributed by atoms with van der Waals surface area (Å²) in [5.41, 5.74) is 1.13. The number of aromatic nitrogens is 1. The standard InChI is InChI=1S/C18H30ClN5O/c1-4-20-18(24(3)13-16-11-15(19)12-23(16)2)22-10-6-9-21-17(25)14-7-5-8-14/h11-12,14H,4-10,13H2,1-3H3,(H,20,22)(H,21,25). The summed E-state index contributed by atoms with van der Waals surface area (Å²) in [7, 11) is 4.00. The highest BCUT2D eigenvalue weighted by atomic mass is 35.5. The fourth-order valence-electron chi connectivity index (χ4n) is 2.80. The minimum atomic E-state index is 0.208. The molecule has 1 heterocycles. The Morgan fingerprint density at radius 1 is 1.44 bits per heavy atom. The Kier molecular flexibility index (Phi) is 7.62. The van der Waals surface area contributed by atoms with Crippen LogP contribution < -0.4 is 10.6 Å². The van der Waals surface area contributed by atoms with Crippen LogP contribution in [0.3, 0.4) is 0 Å². The van der Waals surface area contributed by atoms with E-state index in [4.69, 9.17) is 11.6 Å². The number of guanidine groups is 1. The summed E-state index contributed by atoms with van der Waals surface area (Å²) in [6.45, 7) is 4.98. The highest BCUT2D eigenvalue weighted by Gasteiger charge is 2.24. The van der Waals surface area contributed by atoms with E-state index in [0.717, 1.165) is 49.0 Å². The zero-order valence-corrected chi connectivity index (χ0v) is 16.3. The lowest BCUT2D eigenvalue weighted by atomic mass is 9.85. The largest absolute Gasteiger partial charge is 0.357 e. The van der Waals surface area contributed by atoms with E-state index in [9.17, 15) is 4.79 Å². The molecule has 6 nitrogen and oxygen atoms in total. The number of aliphatic imine (C=N–C) groups is 1. The summed E-state index contributed by atoms with van der Waals surface area (Å²) in [5.74, 6) is 1.33. The molecule has 1 aromatic heterocycles. The second-order valence-electron chi connectivity index (χ2n) is 6.62. The lowest BCUT2D eigenvalue weighted by Gasteiger charge is -2.24. The van der Waals surface area contributed by atoms with Crippen molar-refractivity contribution in [3.63, 3.8) is 0 Å². The van der Waals surface area contributed by atoms with Crippen molar-refractivity contribution in [2.75, 3.05) is 26.7 Å². The summed E-state index contributed by atoms with van der Waals surface area (Å²) in [5, 5.41) is 7.07. The number of nitrogens with zero attached hydrogens (tertiary/aromatic N) is 3. The molecule has 0 spiro atoms. The van der Waals surface area contributed by atoms with E-state index in [2.05, 4.69) is 27.4 Å². The van der Waals surface area contributed by atoms with Gasteiger partial charge in [-0.25, -0.2) is 0 Å². The van der Waals surface area contributed by atoms with Crippen molar-refractivity contribution in [2.24, 2.45) is 18.0 Å². The van der Waals surface area contributed by atoms with Gasteiger partial charge in [0, 0.05) is 51.5 Å². The molecule has 2 rings (SSSR count). The third-order valence-corrected chi connectivity index (χ3v) is 4.75. The lowest BCUT2D eigenvalue weighted by Crippen LogP contribution is -2.39. The molecule has 7 heteroatoms. The van der Waals surface area contributed by atoms with Gasteiger partial charge in [0.25, 0.3) is 0 Å². The van der Waals surface area contributed by atoms with Crippen LogP contribution in [-0.2, 0) is 18.4 Å². The molecule has 1 fully saturated rings. The molecule has 0 unspecified atom stereocenters. The minimum absolute atomic E-state index is 0.208. The predicted octanol–water partition coefficient (Wildman–Crippen LogP) is 2.38. The maximum absolute atomic E-state index is 11.8. The molecule has 1 aromatic rings. The van der Waals surface area contributed by atoms with Crippen molar-refractivity contribution >= 4 is 23.5 Å². The molecule has 25 heavy (non-hydrogen) atoms. The van der Waals surface area contributed by atoms with Crippen LogP contribution in [0.2, 0.25) is 5.02 Å². The summed E-state index contributed by atoms with van der Waals surface area (Å²) in [6, 6.07) is 1.97. The third-order valence-electron chi connectivity index (χ3n) is 4.54. The lowest BCUT2D eigenvalue weighted by molar-refractivity contribution is -0.127. The van der Waals surface area contributed by atoms with Gasteiger partial charge in [-0.15, -0.1) is 0 Å². The van der Waals surface area contributed by atoms with Crippen LogP contribution in [0.4, 0.5) is 0 Å². The summed E-state index contributed by atoms with van der Waals surface area (Å²) in [6.07, 6.45) is 6.02. The Balaban J connectivity index is 1.78. The van der Waals surface area contributed by atoms with Crippen molar-refractivity contribution in [1.82, 2.24) is 20.1 Å². The SMILES string of the molecule is CCNC(=NCCCNC(=O)C1CCC1)N(C)Cc1cc(Cl)cn1C. The van der Waals surface area contributed by atoms with Gasteiger partial charge < -0.3 is 20.1 Å². The van der Waals surface area contributed by atoms with Gasteiger partial charge in [0.1, 0.15) is 0 Å². The third kappa shape index (κ3) is 5.96. The molecule has 1 aliphatic carbocycles. The number of rotatable bonds is 8. The molecule has 0 bridgehead atoms. The fraction of sp³-hybridized carbons (Fsp3) is 0.667. The molecule has 0 radical (unpaired) electrons. The number of hydrogen-bond donors (Lipinski definition) is 2. The first kappa shape index (κ1) is 19.6. The van der Waals surface area contributed by atoms with E-state index < -0.39 is 0 Å². The molecule has 1 aliphatic rings. The Morgan fingerprint density at radius 2 is 2.20 bits per heavy atom. The van der Waals surface area contributed by atoms with E-state index in [1.165, 1.54) is 6.42 Å². The predicted molar refractivity (Wildman–Crippen MR) is 103 cm³/mol. The van der Waals surface area contributed by atoms with Crippen molar-refractivity contribution in [3.8, 4) is 0 Å². The van der Waals surface area contributed by atoms with E-state index in [1.54, 1.807) is 0 Å². The molecule has 0 aromatic carbocycles. The Labute approximate surface area is 155 Å². The highest BCUT2D eigenvalue weighted by Crippen LogP contribution is 2.26. The number of nitrogens with one attached hydrogen (secondary N) is 2. The maximum Gasteiger partial charge on any atom is 0.223 e. The monoisotopic (exact) mass is 367 g/mol. The van der Waals surface area contributed by atoms with Crippen LogP contribution >= 0.6 is 11.6 Å². The Hall–Kier alpha value is -1.69. The van der Waals surface area contributed by atoms with Crippen molar-refractivity contribution < 1.29 is 4.79 Å². The summed E-state index contributed by atoms with van der Waals surface area (Å²) >= 11 is 6.05. The second-order valence-corrected chi connectivity index (χ2v) is 7.06. The zero-order valence-electron chi connectivity index (χ0n) is 15.5. The fourth-order valence-corrected chi connectivity index (χ4v) is 3.07. The van der Waals surface area contributed by atoms with Gasteiger partial charge in [-0.05, 0) is 32.3 Å². The van der Waals surface area contributed by atoms with Crippen LogP contribution in [0.5, 0.6) is 0 Å². The van der Waals surface area contributed by atoms with E-state index >= 15 is 0 Å². The van der Waals surface area contributed by atoms with Crippen molar-refractivity contribution in [1.29, 1.82) is 0 Å². The number of aryl methyl sites for hydroxylation is 1. The van der Waals surface area contributed by atoms with E-state index in [0.29, 0.717) is 13.1 Å². The molecule has 1 saturated carbocycles. The number of carbonyl (C=O) groups excluding carboxylic acids is 1. The number of amides is 1. The van der Waals surface area contributed by atoms with Crippen molar-refractivity contribution in [3.05, 3.63) is 23.0 Å². The van der Waals surface area contributed by atoms with Gasteiger partial charge in [0.15, 0.2) is 5.96 Å². The van der Waals surface area contributed by atoms with Crippen LogP contribution in [0.15, 0.2) is 17.3 Å². The topological polar surface area (TPSA) is 61.7 Å². The van der Waals surface area contributed by atoms with Gasteiger partial charge in [-0.2, -0.15) is 0 Å².